The number of anilines is 1. The van der Waals surface area contributed by atoms with Crippen LogP contribution in [0.15, 0.2) is 12.4 Å². The average Bonchev–Trinajstić information content (AvgIpc) is 2.24. The highest BCUT2D eigenvalue weighted by Gasteiger charge is 2.02. The van der Waals surface area contributed by atoms with Gasteiger partial charge < -0.3 is 5.32 Å². The van der Waals surface area contributed by atoms with E-state index in [1.165, 1.54) is 6.33 Å². The molecule has 1 aromatic rings. The highest BCUT2D eigenvalue weighted by molar-refractivity contribution is 7.89. The summed E-state index contributed by atoms with van der Waals surface area (Å²) in [6.45, 7) is 2.61. The molecular formula is C10H18N4O2S. The van der Waals surface area contributed by atoms with Gasteiger partial charge in [-0.25, -0.2) is 23.5 Å². The Bertz CT molecular complexity index is 447. The summed E-state index contributed by atoms with van der Waals surface area (Å²) in [4.78, 5) is 8.18. The Morgan fingerprint density at radius 2 is 2.18 bits per heavy atom. The van der Waals surface area contributed by atoms with E-state index >= 15 is 0 Å². The van der Waals surface area contributed by atoms with Crippen LogP contribution >= 0.6 is 0 Å². The lowest BCUT2D eigenvalue weighted by Crippen LogP contribution is -2.18. The summed E-state index contributed by atoms with van der Waals surface area (Å²) < 4.78 is 21.4. The zero-order chi connectivity index (χ0) is 12.7. The summed E-state index contributed by atoms with van der Waals surface area (Å²) in [5.74, 6) is 0.699. The maximum absolute atomic E-state index is 10.7. The van der Waals surface area contributed by atoms with E-state index in [4.69, 9.17) is 5.14 Å². The van der Waals surface area contributed by atoms with Crippen LogP contribution in [-0.4, -0.2) is 30.7 Å². The molecule has 0 atom stereocenters. The number of aromatic nitrogens is 2. The number of nitrogens with two attached hydrogens (primary N) is 1. The van der Waals surface area contributed by atoms with Crippen molar-refractivity contribution in [2.45, 2.75) is 26.2 Å². The molecule has 3 N–H and O–H groups in total. The maximum atomic E-state index is 10.7. The van der Waals surface area contributed by atoms with Gasteiger partial charge in [0.15, 0.2) is 0 Å². The number of rotatable bonds is 7. The first-order valence-corrected chi connectivity index (χ1v) is 7.28. The van der Waals surface area contributed by atoms with Crippen LogP contribution in [0.1, 0.15) is 25.5 Å². The van der Waals surface area contributed by atoms with Gasteiger partial charge in [-0.05, 0) is 12.8 Å². The summed E-state index contributed by atoms with van der Waals surface area (Å²) in [6.07, 6.45) is 3.91. The Hall–Kier alpha value is -1.21. The molecule has 1 rings (SSSR count). The molecule has 17 heavy (non-hydrogen) atoms. The summed E-state index contributed by atoms with van der Waals surface area (Å²) in [7, 11) is -3.37. The minimum absolute atomic E-state index is 0.0209. The smallest absolute Gasteiger partial charge is 0.209 e. The van der Waals surface area contributed by atoms with Gasteiger partial charge in [0.05, 0.1) is 5.75 Å². The number of nitrogens with zero attached hydrogens (tertiary/aromatic N) is 2. The largest absolute Gasteiger partial charge is 0.370 e. The third-order valence-electron chi connectivity index (χ3n) is 2.14. The lowest BCUT2D eigenvalue weighted by atomic mass is 10.2. The van der Waals surface area contributed by atoms with Crippen molar-refractivity contribution in [3.8, 4) is 0 Å². The van der Waals surface area contributed by atoms with Crippen LogP contribution in [0.4, 0.5) is 5.82 Å². The van der Waals surface area contributed by atoms with Crippen molar-refractivity contribution >= 4 is 15.8 Å². The molecule has 0 aliphatic carbocycles. The monoisotopic (exact) mass is 258 g/mol. The predicted octanol–water partition coefficient (Wildman–Crippen LogP) is 0.520. The second-order valence-corrected chi connectivity index (χ2v) is 5.53. The molecule has 0 aliphatic heterocycles. The number of primary sulfonamides is 1. The van der Waals surface area contributed by atoms with E-state index in [0.717, 1.165) is 24.4 Å². The van der Waals surface area contributed by atoms with Crippen LogP contribution in [0.5, 0.6) is 0 Å². The summed E-state index contributed by atoms with van der Waals surface area (Å²) >= 11 is 0. The molecule has 7 heteroatoms. The van der Waals surface area contributed by atoms with Gasteiger partial charge in [0.2, 0.25) is 10.0 Å². The molecule has 0 bridgehead atoms. The van der Waals surface area contributed by atoms with Crippen LogP contribution in [0.25, 0.3) is 0 Å². The Morgan fingerprint density at radius 3 is 2.82 bits per heavy atom. The minimum Gasteiger partial charge on any atom is -0.370 e. The molecule has 96 valence electrons. The molecule has 0 saturated heterocycles. The zero-order valence-corrected chi connectivity index (χ0v) is 10.7. The second-order valence-electron chi connectivity index (χ2n) is 3.79. The summed E-state index contributed by atoms with van der Waals surface area (Å²) in [6, 6.07) is 1.88. The van der Waals surface area contributed by atoms with Gasteiger partial charge in [0, 0.05) is 18.3 Å². The SMILES string of the molecule is CCCc1cc(NCCCS(N)(=O)=O)ncn1. The Kier molecular flexibility index (Phi) is 5.30. The van der Waals surface area contributed by atoms with E-state index in [0.29, 0.717) is 13.0 Å². The normalized spacial score (nSPS) is 11.4. The van der Waals surface area contributed by atoms with Crippen molar-refractivity contribution in [1.82, 2.24) is 9.97 Å². The fraction of sp³-hybridized carbons (Fsp3) is 0.600. The standard InChI is InChI=1S/C10H18N4O2S/c1-2-4-9-7-10(14-8-13-9)12-5-3-6-17(11,15)16/h7-8H,2-6H2,1H3,(H2,11,15,16)(H,12,13,14). The lowest BCUT2D eigenvalue weighted by Gasteiger charge is -2.05. The third kappa shape index (κ3) is 6.18. The van der Waals surface area contributed by atoms with Crippen molar-refractivity contribution in [3.63, 3.8) is 0 Å². The fourth-order valence-corrected chi connectivity index (χ4v) is 1.92. The molecule has 0 saturated carbocycles. The number of hydrogen-bond acceptors (Lipinski definition) is 5. The fourth-order valence-electron chi connectivity index (χ4n) is 1.38. The molecule has 0 unspecified atom stereocenters. The van der Waals surface area contributed by atoms with Crippen molar-refractivity contribution in [3.05, 3.63) is 18.1 Å². The number of aryl methyl sites for hydroxylation is 1. The molecule has 0 aliphatic rings. The molecule has 6 nitrogen and oxygen atoms in total. The van der Waals surface area contributed by atoms with E-state index in [-0.39, 0.29) is 5.75 Å². The summed E-state index contributed by atoms with van der Waals surface area (Å²) in [5, 5.41) is 7.94. The summed E-state index contributed by atoms with van der Waals surface area (Å²) in [5.41, 5.74) is 0.983. The zero-order valence-electron chi connectivity index (χ0n) is 9.89. The Morgan fingerprint density at radius 1 is 1.41 bits per heavy atom. The molecule has 1 heterocycles. The first-order valence-electron chi connectivity index (χ1n) is 5.56. The quantitative estimate of drug-likeness (QED) is 0.695. The molecule has 0 radical (unpaired) electrons. The van der Waals surface area contributed by atoms with Gasteiger partial charge in [0.25, 0.3) is 0 Å². The Balaban J connectivity index is 2.38. The first-order chi connectivity index (χ1) is 8.01. The van der Waals surface area contributed by atoms with Gasteiger partial charge in [-0.15, -0.1) is 0 Å². The van der Waals surface area contributed by atoms with Crippen LogP contribution in [0.2, 0.25) is 0 Å². The van der Waals surface area contributed by atoms with Crippen molar-refractivity contribution in [1.29, 1.82) is 0 Å². The third-order valence-corrected chi connectivity index (χ3v) is 3.00. The predicted molar refractivity (Wildman–Crippen MR) is 67.1 cm³/mol. The Labute approximate surface area is 102 Å². The van der Waals surface area contributed by atoms with E-state index in [1.807, 2.05) is 6.07 Å². The van der Waals surface area contributed by atoms with Gasteiger partial charge in [-0.1, -0.05) is 13.3 Å². The highest BCUT2D eigenvalue weighted by Crippen LogP contribution is 2.05. The van der Waals surface area contributed by atoms with Gasteiger partial charge in [-0.2, -0.15) is 0 Å². The number of hydrogen-bond donors (Lipinski definition) is 2. The van der Waals surface area contributed by atoms with Crippen molar-refractivity contribution in [2.75, 3.05) is 17.6 Å². The average molecular weight is 258 g/mol. The van der Waals surface area contributed by atoms with Crippen LogP contribution in [-0.2, 0) is 16.4 Å². The topological polar surface area (TPSA) is 98.0 Å². The van der Waals surface area contributed by atoms with Crippen LogP contribution in [0.3, 0.4) is 0 Å². The number of sulfonamides is 1. The highest BCUT2D eigenvalue weighted by atomic mass is 32.2. The number of nitrogens with one attached hydrogen (secondary N) is 1. The molecule has 1 aromatic heterocycles. The molecule has 0 spiro atoms. The molecule has 0 aromatic carbocycles. The van der Waals surface area contributed by atoms with Crippen LogP contribution < -0.4 is 10.5 Å². The lowest BCUT2D eigenvalue weighted by molar-refractivity contribution is 0.595. The molecule has 0 fully saturated rings. The van der Waals surface area contributed by atoms with Gasteiger partial charge in [-0.3, -0.25) is 0 Å². The van der Waals surface area contributed by atoms with E-state index in [1.54, 1.807) is 0 Å². The van der Waals surface area contributed by atoms with Gasteiger partial charge in [0.1, 0.15) is 12.1 Å². The van der Waals surface area contributed by atoms with Gasteiger partial charge >= 0.3 is 0 Å². The second kappa shape index (κ2) is 6.51. The maximum Gasteiger partial charge on any atom is 0.209 e. The molecular weight excluding hydrogens is 240 g/mol. The van der Waals surface area contributed by atoms with E-state index in [9.17, 15) is 8.42 Å². The molecule has 0 amide bonds. The van der Waals surface area contributed by atoms with E-state index < -0.39 is 10.0 Å². The first kappa shape index (κ1) is 13.9. The minimum atomic E-state index is -3.37. The van der Waals surface area contributed by atoms with E-state index in [2.05, 4.69) is 22.2 Å². The van der Waals surface area contributed by atoms with Crippen molar-refractivity contribution in [2.24, 2.45) is 5.14 Å². The van der Waals surface area contributed by atoms with Crippen molar-refractivity contribution < 1.29 is 8.42 Å². The van der Waals surface area contributed by atoms with Crippen LogP contribution in [0, 0.1) is 0 Å².